The van der Waals surface area contributed by atoms with Gasteiger partial charge in [0.25, 0.3) is 0 Å². The van der Waals surface area contributed by atoms with E-state index in [9.17, 15) is 0 Å². The zero-order chi connectivity index (χ0) is 8.74. The normalized spacial score (nSPS) is 26.0. The topological polar surface area (TPSA) is 12.0 Å². The maximum Gasteiger partial charge on any atom is 1.00 e. The van der Waals surface area contributed by atoms with Crippen molar-refractivity contribution in [3.8, 4) is 0 Å². The Bertz CT molecular complexity index is 84.3. The van der Waals surface area contributed by atoms with Crippen LogP contribution in [0.5, 0.6) is 0 Å². The van der Waals surface area contributed by atoms with Gasteiger partial charge in [-0.2, -0.15) is 6.42 Å². The molecule has 1 N–H and O–H groups in total. The van der Waals surface area contributed by atoms with Crippen LogP contribution in [0, 0.1) is 6.54 Å². The first kappa shape index (κ1) is 16.2. The minimum absolute atomic E-state index is 0. The second-order valence-corrected chi connectivity index (χ2v) is 2.94. The molecule has 1 saturated heterocycles. The van der Waals surface area contributed by atoms with Crippen molar-refractivity contribution in [2.45, 2.75) is 58.9 Å². The molecule has 0 aliphatic carbocycles. The van der Waals surface area contributed by atoms with Crippen LogP contribution in [0.15, 0.2) is 0 Å². The fourth-order valence-corrected chi connectivity index (χ4v) is 1.47. The van der Waals surface area contributed by atoms with Crippen LogP contribution in [0.2, 0.25) is 0 Å². The second-order valence-electron chi connectivity index (χ2n) is 2.94. The molecular weight excluding hydrogens is 220 g/mol. The van der Waals surface area contributed by atoms with Gasteiger partial charge in [-0.05, 0) is 18.4 Å². The summed E-state index contributed by atoms with van der Waals surface area (Å²) in [5, 5.41) is 3.38. The summed E-state index contributed by atoms with van der Waals surface area (Å²) in [6, 6.07) is 0. The largest absolute Gasteiger partial charge is 1.00 e. The van der Waals surface area contributed by atoms with Gasteiger partial charge in [0.15, 0.2) is 0 Å². The van der Waals surface area contributed by atoms with E-state index in [1.54, 1.807) is 0 Å². The van der Waals surface area contributed by atoms with Crippen LogP contribution in [0.25, 0.3) is 0 Å². The van der Waals surface area contributed by atoms with E-state index in [4.69, 9.17) is 0 Å². The van der Waals surface area contributed by atoms with Crippen molar-refractivity contribution in [1.82, 2.24) is 5.32 Å². The average molecular weight is 242 g/mol. The predicted molar refractivity (Wildman–Crippen MR) is 51.3 cm³/mol. The molecule has 2 heteroatoms. The van der Waals surface area contributed by atoms with E-state index in [1.807, 2.05) is 13.8 Å². The van der Waals surface area contributed by atoms with Crippen molar-refractivity contribution < 1.29 is 58.2 Å². The van der Waals surface area contributed by atoms with Crippen LogP contribution in [-0.4, -0.2) is 5.54 Å². The molecule has 1 atom stereocenters. The average Bonchev–Trinajstić information content (AvgIpc) is 2.01. The molecule has 1 rings (SSSR count). The van der Waals surface area contributed by atoms with Crippen LogP contribution in [0.1, 0.15) is 53.4 Å². The standard InChI is InChI=1S/C8H16N.C2H6.Rb/c1-3-5-8(4-2)6-7-9-8;1-2;/h7,9H,3-6H2,1-2H3;1-2H3;/q-1;;+1. The summed E-state index contributed by atoms with van der Waals surface area (Å²) < 4.78 is 0. The van der Waals surface area contributed by atoms with E-state index in [2.05, 4.69) is 25.7 Å². The molecule has 0 aromatic heterocycles. The summed E-state index contributed by atoms with van der Waals surface area (Å²) in [5.41, 5.74) is 0.509. The molecule has 0 aromatic carbocycles. The van der Waals surface area contributed by atoms with Gasteiger partial charge in [-0.15, -0.1) is 0 Å². The van der Waals surface area contributed by atoms with Gasteiger partial charge in [-0.3, -0.25) is 6.54 Å². The van der Waals surface area contributed by atoms with Gasteiger partial charge in [-0.1, -0.05) is 34.1 Å². The fraction of sp³-hybridized carbons (Fsp3) is 0.900. The molecule has 0 bridgehead atoms. The number of nitrogens with one attached hydrogen (secondary N) is 1. The van der Waals surface area contributed by atoms with Gasteiger partial charge in [0.2, 0.25) is 0 Å². The van der Waals surface area contributed by atoms with Crippen LogP contribution in [0.3, 0.4) is 0 Å². The Labute approximate surface area is 127 Å². The first-order chi connectivity index (χ1) is 5.33. The number of hydrogen-bond donors (Lipinski definition) is 1. The summed E-state index contributed by atoms with van der Waals surface area (Å²) in [5.74, 6) is 0. The van der Waals surface area contributed by atoms with Crippen molar-refractivity contribution in [3.05, 3.63) is 6.54 Å². The van der Waals surface area contributed by atoms with Crippen molar-refractivity contribution >= 4 is 0 Å². The molecule has 1 heterocycles. The number of rotatable bonds is 3. The molecule has 0 amide bonds. The van der Waals surface area contributed by atoms with Crippen molar-refractivity contribution in [2.24, 2.45) is 0 Å². The summed E-state index contributed by atoms with van der Waals surface area (Å²) in [6.45, 7) is 10.7. The van der Waals surface area contributed by atoms with Crippen molar-refractivity contribution in [3.63, 3.8) is 0 Å². The fourth-order valence-electron chi connectivity index (χ4n) is 1.47. The predicted octanol–water partition coefficient (Wildman–Crippen LogP) is 0.121. The quantitative estimate of drug-likeness (QED) is 0.693. The van der Waals surface area contributed by atoms with E-state index >= 15 is 0 Å². The Morgan fingerprint density at radius 1 is 1.33 bits per heavy atom. The van der Waals surface area contributed by atoms with Gasteiger partial charge in [0, 0.05) is 0 Å². The summed E-state index contributed by atoms with van der Waals surface area (Å²) in [7, 11) is 0. The van der Waals surface area contributed by atoms with Gasteiger partial charge in [-0.25, -0.2) is 0 Å². The Morgan fingerprint density at radius 2 is 1.83 bits per heavy atom. The molecule has 0 radical (unpaired) electrons. The third-order valence-electron chi connectivity index (χ3n) is 2.31. The third kappa shape index (κ3) is 4.85. The molecule has 1 unspecified atom stereocenters. The first-order valence-corrected chi connectivity index (χ1v) is 4.92. The van der Waals surface area contributed by atoms with Crippen LogP contribution < -0.4 is 63.5 Å². The summed E-state index contributed by atoms with van der Waals surface area (Å²) in [4.78, 5) is 0. The third-order valence-corrected chi connectivity index (χ3v) is 2.31. The molecule has 12 heavy (non-hydrogen) atoms. The van der Waals surface area contributed by atoms with Crippen LogP contribution in [-0.2, 0) is 0 Å². The Balaban J connectivity index is 0. The minimum atomic E-state index is 0. The zero-order valence-corrected chi connectivity index (χ0v) is 14.3. The van der Waals surface area contributed by atoms with E-state index in [0.717, 1.165) is 0 Å². The smallest absolute Gasteiger partial charge is 0.467 e. The molecular formula is C10H22NRb. The van der Waals surface area contributed by atoms with E-state index in [-0.39, 0.29) is 58.2 Å². The summed E-state index contributed by atoms with van der Waals surface area (Å²) >= 11 is 0. The molecule has 1 nitrogen and oxygen atoms in total. The van der Waals surface area contributed by atoms with Gasteiger partial charge in [0.1, 0.15) is 0 Å². The zero-order valence-electron chi connectivity index (χ0n) is 9.41. The van der Waals surface area contributed by atoms with Gasteiger partial charge in [0.05, 0.1) is 0 Å². The molecule has 0 saturated carbocycles. The van der Waals surface area contributed by atoms with Crippen molar-refractivity contribution in [1.29, 1.82) is 0 Å². The number of hydrogen-bond acceptors (Lipinski definition) is 1. The van der Waals surface area contributed by atoms with E-state index in [1.165, 1.54) is 25.7 Å². The monoisotopic (exact) mass is 241 g/mol. The molecule has 68 valence electrons. The Kier molecular flexibility index (Phi) is 12.6. The van der Waals surface area contributed by atoms with Gasteiger partial charge < -0.3 is 5.32 Å². The molecule has 1 fully saturated rings. The maximum atomic E-state index is 3.38. The summed E-state index contributed by atoms with van der Waals surface area (Å²) in [6.07, 6.45) is 5.18. The van der Waals surface area contributed by atoms with Crippen LogP contribution in [0.4, 0.5) is 0 Å². The Morgan fingerprint density at radius 3 is 1.92 bits per heavy atom. The maximum absolute atomic E-state index is 3.38. The molecule has 1 aliphatic rings. The SMILES string of the molecule is CC.CCCC1(CC)C[CH-]N1.[Rb+]. The molecule has 0 spiro atoms. The van der Waals surface area contributed by atoms with Crippen LogP contribution >= 0.6 is 0 Å². The van der Waals surface area contributed by atoms with E-state index in [0.29, 0.717) is 5.54 Å². The Hall–Kier alpha value is 1.77. The minimum Gasteiger partial charge on any atom is -0.467 e. The molecule has 0 aromatic rings. The molecule has 1 aliphatic heterocycles. The van der Waals surface area contributed by atoms with E-state index < -0.39 is 0 Å². The van der Waals surface area contributed by atoms with Crippen molar-refractivity contribution in [2.75, 3.05) is 0 Å². The second kappa shape index (κ2) is 9.33. The first-order valence-electron chi connectivity index (χ1n) is 4.92. The van der Waals surface area contributed by atoms with Gasteiger partial charge >= 0.3 is 58.2 Å².